The number of hydrogen-bond donors (Lipinski definition) is 1. The van der Waals surface area contributed by atoms with Gasteiger partial charge in [-0.1, -0.05) is 13.0 Å². The van der Waals surface area contributed by atoms with Crippen LogP contribution in [0.3, 0.4) is 0 Å². The van der Waals surface area contributed by atoms with Crippen LogP contribution >= 0.6 is 15.9 Å². The molecule has 2 rings (SSSR count). The molecule has 0 saturated carbocycles. The number of hydrogen-bond acceptors (Lipinski definition) is 4. The number of aromatic nitrogens is 3. The lowest BCUT2D eigenvalue weighted by Gasteiger charge is -2.14. The third kappa shape index (κ3) is 3.54. The Labute approximate surface area is 121 Å². The molecule has 0 amide bonds. The van der Waals surface area contributed by atoms with Crippen LogP contribution < -0.4 is 10.1 Å². The monoisotopic (exact) mass is 324 g/mol. The van der Waals surface area contributed by atoms with Crippen molar-refractivity contribution in [3.63, 3.8) is 0 Å². The Balaban J connectivity index is 2.15. The predicted molar refractivity (Wildman–Crippen MR) is 77.3 cm³/mol. The zero-order valence-corrected chi connectivity index (χ0v) is 12.8. The van der Waals surface area contributed by atoms with Crippen LogP contribution in [0.25, 0.3) is 0 Å². The summed E-state index contributed by atoms with van der Waals surface area (Å²) in [5.41, 5.74) is 1.20. The minimum absolute atomic E-state index is 0.309. The number of ether oxygens (including phenoxy) is 1. The van der Waals surface area contributed by atoms with Gasteiger partial charge in [-0.3, -0.25) is 4.68 Å². The summed E-state index contributed by atoms with van der Waals surface area (Å²) in [7, 11) is 1.80. The molecular formula is C13H17BrN4O. The first-order valence-corrected chi connectivity index (χ1v) is 6.95. The fourth-order valence-electron chi connectivity index (χ4n) is 1.76. The minimum atomic E-state index is 0.309. The van der Waals surface area contributed by atoms with Gasteiger partial charge >= 0.3 is 6.01 Å². The van der Waals surface area contributed by atoms with Crippen LogP contribution in [-0.2, 0) is 7.05 Å². The lowest BCUT2D eigenvalue weighted by Crippen LogP contribution is -2.17. The van der Waals surface area contributed by atoms with Crippen LogP contribution in [0.1, 0.15) is 25.5 Å². The SMILES string of the molecule is CCNC(C)c1ccc(Oc2ncn(C)n2)c(Br)c1. The van der Waals surface area contributed by atoms with Gasteiger partial charge in [-0.15, -0.1) is 5.10 Å². The molecule has 1 aromatic heterocycles. The average molecular weight is 325 g/mol. The fraction of sp³-hybridized carbons (Fsp3) is 0.385. The van der Waals surface area contributed by atoms with Crippen LogP contribution in [0.4, 0.5) is 0 Å². The minimum Gasteiger partial charge on any atom is -0.422 e. The number of nitrogens with zero attached hydrogens (tertiary/aromatic N) is 3. The molecule has 1 heterocycles. The smallest absolute Gasteiger partial charge is 0.341 e. The maximum absolute atomic E-state index is 5.61. The van der Waals surface area contributed by atoms with E-state index in [1.54, 1.807) is 18.1 Å². The first kappa shape index (κ1) is 14.0. The summed E-state index contributed by atoms with van der Waals surface area (Å²) < 4.78 is 8.11. The fourth-order valence-corrected chi connectivity index (χ4v) is 2.24. The molecule has 5 nitrogen and oxygen atoms in total. The Morgan fingerprint density at radius 2 is 2.26 bits per heavy atom. The second-order valence-corrected chi connectivity index (χ2v) is 5.13. The highest BCUT2D eigenvalue weighted by molar-refractivity contribution is 9.10. The zero-order valence-electron chi connectivity index (χ0n) is 11.2. The molecule has 0 radical (unpaired) electrons. The Bertz CT molecular complexity index is 555. The number of halogens is 1. The van der Waals surface area contributed by atoms with Gasteiger partial charge in [0.2, 0.25) is 0 Å². The second kappa shape index (κ2) is 6.16. The molecular weight excluding hydrogens is 308 g/mol. The van der Waals surface area contributed by atoms with E-state index >= 15 is 0 Å². The summed E-state index contributed by atoms with van der Waals surface area (Å²) in [5.74, 6) is 0.707. The van der Waals surface area contributed by atoms with E-state index in [4.69, 9.17) is 4.74 Å². The molecule has 0 spiro atoms. The van der Waals surface area contributed by atoms with Gasteiger partial charge in [-0.2, -0.15) is 4.98 Å². The highest BCUT2D eigenvalue weighted by atomic mass is 79.9. The lowest BCUT2D eigenvalue weighted by atomic mass is 10.1. The van der Waals surface area contributed by atoms with Crippen LogP contribution in [0.15, 0.2) is 29.0 Å². The molecule has 0 aliphatic carbocycles. The van der Waals surface area contributed by atoms with E-state index in [1.165, 1.54) is 5.56 Å². The maximum atomic E-state index is 5.61. The molecule has 1 N–H and O–H groups in total. The summed E-state index contributed by atoms with van der Waals surface area (Å²) in [5, 5.41) is 7.46. The number of nitrogens with one attached hydrogen (secondary N) is 1. The Hall–Kier alpha value is -1.40. The van der Waals surface area contributed by atoms with Crippen molar-refractivity contribution in [1.82, 2.24) is 20.1 Å². The Kier molecular flexibility index (Phi) is 4.55. The standard InChI is InChI=1S/C13H17BrN4O/c1-4-15-9(2)10-5-6-12(11(14)7-10)19-13-16-8-18(3)17-13/h5-9,15H,4H2,1-3H3. The van der Waals surface area contributed by atoms with Crippen molar-refractivity contribution in [2.45, 2.75) is 19.9 Å². The predicted octanol–water partition coefficient (Wildman–Crippen LogP) is 3.04. The topological polar surface area (TPSA) is 52.0 Å². The first-order chi connectivity index (χ1) is 9.10. The van der Waals surface area contributed by atoms with Gasteiger partial charge in [0.15, 0.2) is 0 Å². The Morgan fingerprint density at radius 1 is 1.47 bits per heavy atom. The molecule has 102 valence electrons. The second-order valence-electron chi connectivity index (χ2n) is 4.27. The van der Waals surface area contributed by atoms with E-state index in [-0.39, 0.29) is 0 Å². The normalized spacial score (nSPS) is 12.4. The highest BCUT2D eigenvalue weighted by Gasteiger charge is 2.10. The van der Waals surface area contributed by atoms with Gasteiger partial charge in [0.05, 0.1) is 4.47 Å². The van der Waals surface area contributed by atoms with Crippen LogP contribution in [0.2, 0.25) is 0 Å². The van der Waals surface area contributed by atoms with Gasteiger partial charge in [-0.05, 0) is 47.1 Å². The largest absolute Gasteiger partial charge is 0.422 e. The van der Waals surface area contributed by atoms with Gasteiger partial charge in [0.25, 0.3) is 0 Å². The van der Waals surface area contributed by atoms with Gasteiger partial charge in [0, 0.05) is 13.1 Å². The molecule has 2 aromatic rings. The van der Waals surface area contributed by atoms with Gasteiger partial charge < -0.3 is 10.1 Å². The summed E-state index contributed by atoms with van der Waals surface area (Å²) in [6.07, 6.45) is 1.60. The summed E-state index contributed by atoms with van der Waals surface area (Å²) in [4.78, 5) is 4.04. The summed E-state index contributed by atoms with van der Waals surface area (Å²) >= 11 is 3.52. The van der Waals surface area contributed by atoms with Crippen LogP contribution in [0, 0.1) is 0 Å². The number of rotatable bonds is 5. The van der Waals surface area contributed by atoms with Crippen LogP contribution in [-0.4, -0.2) is 21.3 Å². The molecule has 0 saturated heterocycles. The van der Waals surface area contributed by atoms with Gasteiger partial charge in [0.1, 0.15) is 12.1 Å². The molecule has 0 aliphatic heterocycles. The molecule has 0 bridgehead atoms. The molecule has 0 fully saturated rings. The number of aryl methyl sites for hydroxylation is 1. The molecule has 1 atom stereocenters. The van der Waals surface area contributed by atoms with E-state index in [0.29, 0.717) is 17.8 Å². The molecule has 6 heteroatoms. The van der Waals surface area contributed by atoms with Crippen molar-refractivity contribution in [3.05, 3.63) is 34.6 Å². The lowest BCUT2D eigenvalue weighted by molar-refractivity contribution is 0.436. The first-order valence-electron chi connectivity index (χ1n) is 6.16. The van der Waals surface area contributed by atoms with Crippen molar-refractivity contribution in [2.24, 2.45) is 7.05 Å². The van der Waals surface area contributed by atoms with Crippen LogP contribution in [0.5, 0.6) is 11.8 Å². The molecule has 0 aliphatic rings. The van der Waals surface area contributed by atoms with Crippen molar-refractivity contribution in [2.75, 3.05) is 6.54 Å². The highest BCUT2D eigenvalue weighted by Crippen LogP contribution is 2.30. The van der Waals surface area contributed by atoms with Crippen molar-refractivity contribution in [1.29, 1.82) is 0 Å². The molecule has 1 unspecified atom stereocenters. The summed E-state index contributed by atoms with van der Waals surface area (Å²) in [6, 6.07) is 6.66. The molecule has 19 heavy (non-hydrogen) atoms. The van der Waals surface area contributed by atoms with Crippen molar-refractivity contribution < 1.29 is 4.74 Å². The van der Waals surface area contributed by atoms with E-state index in [1.807, 2.05) is 18.2 Å². The van der Waals surface area contributed by atoms with E-state index in [9.17, 15) is 0 Å². The van der Waals surface area contributed by atoms with E-state index in [2.05, 4.69) is 45.2 Å². The summed E-state index contributed by atoms with van der Waals surface area (Å²) in [6.45, 7) is 5.16. The van der Waals surface area contributed by atoms with E-state index in [0.717, 1.165) is 11.0 Å². The molecule has 1 aromatic carbocycles. The van der Waals surface area contributed by atoms with Gasteiger partial charge in [-0.25, -0.2) is 0 Å². The zero-order chi connectivity index (χ0) is 13.8. The third-order valence-electron chi connectivity index (χ3n) is 2.75. The van der Waals surface area contributed by atoms with Crippen molar-refractivity contribution in [3.8, 4) is 11.8 Å². The number of benzene rings is 1. The Morgan fingerprint density at radius 3 is 2.84 bits per heavy atom. The average Bonchev–Trinajstić information content (AvgIpc) is 2.78. The maximum Gasteiger partial charge on any atom is 0.341 e. The third-order valence-corrected chi connectivity index (χ3v) is 3.37. The van der Waals surface area contributed by atoms with E-state index < -0.39 is 0 Å². The van der Waals surface area contributed by atoms with Crippen molar-refractivity contribution >= 4 is 15.9 Å². The quantitative estimate of drug-likeness (QED) is 0.918.